The third-order valence-corrected chi connectivity index (χ3v) is 5.72. The second kappa shape index (κ2) is 7.70. The van der Waals surface area contributed by atoms with Crippen molar-refractivity contribution in [1.29, 1.82) is 0 Å². The Hall–Kier alpha value is -3.15. The van der Waals surface area contributed by atoms with E-state index < -0.39 is 6.04 Å². The number of nitrogens with zero attached hydrogens (tertiary/aromatic N) is 2. The van der Waals surface area contributed by atoms with Crippen molar-refractivity contribution in [3.8, 4) is 0 Å². The minimum absolute atomic E-state index is 0.107. The highest BCUT2D eigenvalue weighted by Gasteiger charge is 2.42. The number of carbonyl (C=O) groups is 3. The van der Waals surface area contributed by atoms with Crippen LogP contribution in [-0.2, 0) is 9.59 Å². The molecule has 0 spiro atoms. The molecule has 0 radical (unpaired) electrons. The second-order valence-corrected chi connectivity index (χ2v) is 7.80. The van der Waals surface area contributed by atoms with E-state index in [1.807, 2.05) is 56.3 Å². The van der Waals surface area contributed by atoms with Crippen LogP contribution in [0.1, 0.15) is 47.3 Å². The molecule has 0 aliphatic carbocycles. The molecule has 6 nitrogen and oxygen atoms in total. The van der Waals surface area contributed by atoms with Gasteiger partial charge in [-0.2, -0.15) is 0 Å². The summed E-state index contributed by atoms with van der Waals surface area (Å²) in [7, 11) is 0. The van der Waals surface area contributed by atoms with Gasteiger partial charge in [0.15, 0.2) is 0 Å². The molecule has 1 N–H and O–H groups in total. The number of nitrogens with one attached hydrogen (secondary N) is 1. The van der Waals surface area contributed by atoms with Gasteiger partial charge in [-0.05, 0) is 44.4 Å². The Bertz CT molecular complexity index is 957. The van der Waals surface area contributed by atoms with Crippen LogP contribution >= 0.6 is 0 Å². The summed E-state index contributed by atoms with van der Waals surface area (Å²) < 4.78 is 0. The van der Waals surface area contributed by atoms with Crippen molar-refractivity contribution in [3.05, 3.63) is 65.2 Å². The lowest BCUT2D eigenvalue weighted by molar-refractivity contribution is -0.126. The quantitative estimate of drug-likeness (QED) is 0.871. The summed E-state index contributed by atoms with van der Waals surface area (Å²) in [6, 6.07) is 14.5. The van der Waals surface area contributed by atoms with Crippen molar-refractivity contribution in [2.75, 3.05) is 18.0 Å². The van der Waals surface area contributed by atoms with Gasteiger partial charge in [-0.1, -0.05) is 42.0 Å². The number of rotatable bonds is 4. The Labute approximate surface area is 170 Å². The van der Waals surface area contributed by atoms with E-state index >= 15 is 0 Å². The van der Waals surface area contributed by atoms with Crippen LogP contribution in [-0.4, -0.2) is 41.8 Å². The summed E-state index contributed by atoms with van der Waals surface area (Å²) in [6.45, 7) is 4.30. The van der Waals surface area contributed by atoms with Crippen LogP contribution in [0.25, 0.3) is 0 Å². The number of fused-ring (bicyclic) bond motifs is 2. The Morgan fingerprint density at radius 3 is 2.69 bits per heavy atom. The first-order valence-corrected chi connectivity index (χ1v) is 10.0. The van der Waals surface area contributed by atoms with Gasteiger partial charge in [-0.25, -0.2) is 0 Å². The third kappa shape index (κ3) is 3.62. The molecule has 2 aliphatic rings. The number of benzene rings is 2. The monoisotopic (exact) mass is 391 g/mol. The van der Waals surface area contributed by atoms with E-state index in [9.17, 15) is 14.4 Å². The summed E-state index contributed by atoms with van der Waals surface area (Å²) in [4.78, 5) is 42.3. The van der Waals surface area contributed by atoms with Crippen LogP contribution in [0.4, 0.5) is 5.69 Å². The van der Waals surface area contributed by atoms with Crippen LogP contribution in [0, 0.1) is 6.92 Å². The van der Waals surface area contributed by atoms with Gasteiger partial charge in [-0.3, -0.25) is 14.4 Å². The molecule has 2 aromatic rings. The number of carbonyl (C=O) groups excluding carboxylic acids is 3. The Morgan fingerprint density at radius 2 is 1.93 bits per heavy atom. The SMILES string of the molecule is Cc1ccc2c(c1)C(=O)N1CCC[C@H]1C(=O)N2CC(=O)N[C@@H](C)c1ccccc1. The minimum atomic E-state index is -0.491. The molecule has 2 aromatic carbocycles. The van der Waals surface area contributed by atoms with E-state index in [2.05, 4.69) is 5.32 Å². The molecule has 2 aliphatic heterocycles. The number of hydrogen-bond donors (Lipinski definition) is 1. The van der Waals surface area contributed by atoms with Gasteiger partial charge in [-0.15, -0.1) is 0 Å². The molecular formula is C23H25N3O3. The molecule has 0 saturated carbocycles. The second-order valence-electron chi connectivity index (χ2n) is 7.80. The van der Waals surface area contributed by atoms with E-state index in [0.29, 0.717) is 24.2 Å². The highest BCUT2D eigenvalue weighted by molar-refractivity contribution is 6.12. The van der Waals surface area contributed by atoms with Crippen LogP contribution < -0.4 is 10.2 Å². The highest BCUT2D eigenvalue weighted by atomic mass is 16.2. The first kappa shape index (κ1) is 19.2. The summed E-state index contributed by atoms with van der Waals surface area (Å²) in [5.41, 5.74) is 2.95. The predicted octanol–water partition coefficient (Wildman–Crippen LogP) is 2.82. The van der Waals surface area contributed by atoms with E-state index in [0.717, 1.165) is 17.5 Å². The van der Waals surface area contributed by atoms with Crippen LogP contribution in [0.15, 0.2) is 48.5 Å². The zero-order chi connectivity index (χ0) is 20.5. The van der Waals surface area contributed by atoms with E-state index in [1.54, 1.807) is 11.0 Å². The molecule has 150 valence electrons. The smallest absolute Gasteiger partial charge is 0.256 e. The first-order valence-electron chi connectivity index (χ1n) is 10.0. The molecule has 1 saturated heterocycles. The van der Waals surface area contributed by atoms with Gasteiger partial charge in [0.25, 0.3) is 5.91 Å². The number of aryl methyl sites for hydroxylation is 1. The van der Waals surface area contributed by atoms with Crippen molar-refractivity contribution in [2.24, 2.45) is 0 Å². The first-order chi connectivity index (χ1) is 14.0. The van der Waals surface area contributed by atoms with Crippen molar-refractivity contribution < 1.29 is 14.4 Å². The lowest BCUT2D eigenvalue weighted by atomic mass is 10.1. The molecule has 4 rings (SSSR count). The fourth-order valence-corrected chi connectivity index (χ4v) is 4.20. The largest absolute Gasteiger partial charge is 0.348 e. The fourth-order valence-electron chi connectivity index (χ4n) is 4.20. The minimum Gasteiger partial charge on any atom is -0.348 e. The van der Waals surface area contributed by atoms with Gasteiger partial charge in [0, 0.05) is 6.54 Å². The predicted molar refractivity (Wildman–Crippen MR) is 111 cm³/mol. The van der Waals surface area contributed by atoms with Crippen LogP contribution in [0.2, 0.25) is 0 Å². The molecule has 0 unspecified atom stereocenters. The van der Waals surface area contributed by atoms with Gasteiger partial charge >= 0.3 is 0 Å². The topological polar surface area (TPSA) is 69.7 Å². The summed E-state index contributed by atoms with van der Waals surface area (Å²) in [5, 5.41) is 2.97. The Balaban J connectivity index is 1.61. The molecule has 2 heterocycles. The summed E-state index contributed by atoms with van der Waals surface area (Å²) in [5.74, 6) is -0.554. The Morgan fingerprint density at radius 1 is 1.17 bits per heavy atom. The molecular weight excluding hydrogens is 366 g/mol. The van der Waals surface area contributed by atoms with Gasteiger partial charge in [0.2, 0.25) is 11.8 Å². The van der Waals surface area contributed by atoms with Crippen LogP contribution in [0.5, 0.6) is 0 Å². The zero-order valence-electron chi connectivity index (χ0n) is 16.7. The van der Waals surface area contributed by atoms with Gasteiger partial charge in [0.1, 0.15) is 12.6 Å². The lowest BCUT2D eigenvalue weighted by Gasteiger charge is -2.26. The average molecular weight is 391 g/mol. The van der Waals surface area contributed by atoms with E-state index in [4.69, 9.17) is 0 Å². The standard InChI is InChI=1S/C23H25N3O3/c1-15-10-11-19-18(13-15)22(28)25-12-6-9-20(25)23(29)26(19)14-21(27)24-16(2)17-7-4-3-5-8-17/h3-5,7-8,10-11,13,16,20H,6,9,12,14H2,1-2H3,(H,24,27)/t16-,20-/m0/s1. The molecule has 2 atom stereocenters. The van der Waals surface area contributed by atoms with E-state index in [1.165, 1.54) is 4.90 Å². The van der Waals surface area contributed by atoms with Crippen molar-refractivity contribution in [1.82, 2.24) is 10.2 Å². The third-order valence-electron chi connectivity index (χ3n) is 5.72. The maximum atomic E-state index is 13.3. The fraction of sp³-hybridized carbons (Fsp3) is 0.348. The maximum absolute atomic E-state index is 13.3. The van der Waals surface area contributed by atoms with Crippen molar-refractivity contribution in [3.63, 3.8) is 0 Å². The molecule has 0 bridgehead atoms. The van der Waals surface area contributed by atoms with E-state index in [-0.39, 0.29) is 30.3 Å². The summed E-state index contributed by atoms with van der Waals surface area (Å²) >= 11 is 0. The summed E-state index contributed by atoms with van der Waals surface area (Å²) in [6.07, 6.45) is 1.43. The normalized spacial score (nSPS) is 19.4. The molecule has 29 heavy (non-hydrogen) atoms. The number of hydrogen-bond acceptors (Lipinski definition) is 3. The van der Waals surface area contributed by atoms with Gasteiger partial charge in [0.05, 0.1) is 17.3 Å². The van der Waals surface area contributed by atoms with Crippen molar-refractivity contribution in [2.45, 2.75) is 38.8 Å². The number of anilines is 1. The molecule has 3 amide bonds. The average Bonchev–Trinajstić information content (AvgIpc) is 3.19. The molecule has 6 heteroatoms. The number of amides is 3. The van der Waals surface area contributed by atoms with Gasteiger partial charge < -0.3 is 15.1 Å². The lowest BCUT2D eigenvalue weighted by Crippen LogP contribution is -2.48. The maximum Gasteiger partial charge on any atom is 0.256 e. The molecule has 0 aromatic heterocycles. The highest BCUT2D eigenvalue weighted by Crippen LogP contribution is 2.33. The zero-order valence-corrected chi connectivity index (χ0v) is 16.7. The Kier molecular flexibility index (Phi) is 5.09. The molecule has 1 fully saturated rings. The van der Waals surface area contributed by atoms with Crippen molar-refractivity contribution >= 4 is 23.4 Å². The van der Waals surface area contributed by atoms with Crippen LogP contribution in [0.3, 0.4) is 0 Å².